The number of benzene rings is 1. The molecule has 0 amide bonds. The Labute approximate surface area is 119 Å². The molecule has 0 radical (unpaired) electrons. The van der Waals surface area contributed by atoms with Crippen LogP contribution in [-0.4, -0.2) is 23.2 Å². The lowest BCUT2D eigenvalue weighted by molar-refractivity contribution is -0.139. The second-order valence-corrected chi connectivity index (χ2v) is 5.65. The zero-order valence-electron chi connectivity index (χ0n) is 11.2. The van der Waals surface area contributed by atoms with Gasteiger partial charge in [-0.05, 0) is 42.5 Å². The molecule has 1 aliphatic rings. The molecule has 0 spiro atoms. The third kappa shape index (κ3) is 3.71. The lowest BCUT2D eigenvalue weighted by Crippen LogP contribution is -2.43. The molecule has 4 heteroatoms. The van der Waals surface area contributed by atoms with Crippen LogP contribution in [0, 0.1) is 0 Å². The zero-order valence-corrected chi connectivity index (χ0v) is 11.9. The second-order valence-electron chi connectivity index (χ2n) is 5.22. The summed E-state index contributed by atoms with van der Waals surface area (Å²) in [6, 6.07) is 5.71. The second kappa shape index (κ2) is 6.40. The normalized spacial score (nSPS) is 19.2. The Balaban J connectivity index is 1.96. The van der Waals surface area contributed by atoms with Crippen molar-refractivity contribution in [3.63, 3.8) is 0 Å². The van der Waals surface area contributed by atoms with E-state index in [0.717, 1.165) is 30.7 Å². The first-order valence-electron chi connectivity index (χ1n) is 6.86. The van der Waals surface area contributed by atoms with Crippen LogP contribution in [0.5, 0.6) is 0 Å². The molecule has 0 aliphatic heterocycles. The van der Waals surface area contributed by atoms with Gasteiger partial charge in [-0.3, -0.25) is 4.79 Å². The summed E-state index contributed by atoms with van der Waals surface area (Å²) in [5.74, 6) is -0.748. The summed E-state index contributed by atoms with van der Waals surface area (Å²) in [7, 11) is 0. The molecule has 104 valence electrons. The van der Waals surface area contributed by atoms with Crippen molar-refractivity contribution in [2.24, 2.45) is 0 Å². The van der Waals surface area contributed by atoms with Gasteiger partial charge in [0.05, 0.1) is 0 Å². The van der Waals surface area contributed by atoms with Gasteiger partial charge >= 0.3 is 5.97 Å². The summed E-state index contributed by atoms with van der Waals surface area (Å²) >= 11 is 5.98. The van der Waals surface area contributed by atoms with E-state index in [1.807, 2.05) is 18.2 Å². The highest BCUT2D eigenvalue weighted by Gasteiger charge is 2.26. The van der Waals surface area contributed by atoms with Crippen molar-refractivity contribution in [1.82, 2.24) is 5.32 Å². The van der Waals surface area contributed by atoms with Crippen LogP contribution in [0.15, 0.2) is 18.2 Å². The van der Waals surface area contributed by atoms with Crippen molar-refractivity contribution in [3.05, 3.63) is 34.3 Å². The predicted octanol–water partition coefficient (Wildman–Crippen LogP) is 3.04. The first kappa shape index (κ1) is 14.4. The van der Waals surface area contributed by atoms with Gasteiger partial charge in [-0.1, -0.05) is 37.4 Å². The van der Waals surface area contributed by atoms with Gasteiger partial charge in [0.2, 0.25) is 0 Å². The summed E-state index contributed by atoms with van der Waals surface area (Å²) in [5.41, 5.74) is 2.52. The van der Waals surface area contributed by atoms with E-state index in [1.54, 1.807) is 0 Å². The molecule has 1 aliphatic carbocycles. The fourth-order valence-electron chi connectivity index (χ4n) is 2.68. The Morgan fingerprint density at radius 3 is 2.89 bits per heavy atom. The number of unbranched alkanes of at least 4 members (excludes halogenated alkanes) is 1. The van der Waals surface area contributed by atoms with Gasteiger partial charge in [0.1, 0.15) is 6.04 Å². The molecule has 19 heavy (non-hydrogen) atoms. The summed E-state index contributed by atoms with van der Waals surface area (Å²) < 4.78 is 0. The van der Waals surface area contributed by atoms with Crippen LogP contribution >= 0.6 is 11.6 Å². The fraction of sp³-hybridized carbons (Fsp3) is 0.533. The fourth-order valence-corrected chi connectivity index (χ4v) is 2.87. The Kier molecular flexibility index (Phi) is 4.83. The average Bonchev–Trinajstić information content (AvgIpc) is 2.75. The summed E-state index contributed by atoms with van der Waals surface area (Å²) in [6.07, 6.45) is 4.41. The molecule has 0 saturated heterocycles. The van der Waals surface area contributed by atoms with Crippen LogP contribution in [0.1, 0.15) is 37.3 Å². The van der Waals surface area contributed by atoms with E-state index in [-0.39, 0.29) is 6.04 Å². The molecular weight excluding hydrogens is 262 g/mol. The molecule has 0 bridgehead atoms. The third-order valence-corrected chi connectivity index (χ3v) is 3.92. The number of nitrogens with one attached hydrogen (secondary N) is 1. The lowest BCUT2D eigenvalue weighted by Gasteiger charge is -2.19. The van der Waals surface area contributed by atoms with Gasteiger partial charge in [-0.25, -0.2) is 0 Å². The molecule has 2 N–H and O–H groups in total. The number of aliphatic carboxylic acids is 1. The number of rotatable bonds is 6. The molecule has 0 fully saturated rings. The topological polar surface area (TPSA) is 49.3 Å². The maximum atomic E-state index is 11.2. The van der Waals surface area contributed by atoms with E-state index in [1.165, 1.54) is 11.1 Å². The van der Waals surface area contributed by atoms with Gasteiger partial charge in [-0.2, -0.15) is 0 Å². The quantitative estimate of drug-likeness (QED) is 0.843. The van der Waals surface area contributed by atoms with Crippen LogP contribution in [0.3, 0.4) is 0 Å². The van der Waals surface area contributed by atoms with Crippen molar-refractivity contribution in [1.29, 1.82) is 0 Å². The standard InChI is InChI=1S/C15H20ClNO2/c1-2-3-4-14(15(18)19)17-13-8-10-5-6-12(16)7-11(10)9-13/h5-7,13-14,17H,2-4,8-9H2,1H3,(H,18,19). The van der Waals surface area contributed by atoms with Crippen LogP contribution < -0.4 is 5.32 Å². The van der Waals surface area contributed by atoms with E-state index < -0.39 is 12.0 Å². The predicted molar refractivity (Wildman–Crippen MR) is 76.7 cm³/mol. The van der Waals surface area contributed by atoms with Gasteiger partial charge in [-0.15, -0.1) is 0 Å². The molecule has 1 aromatic rings. The highest BCUT2D eigenvalue weighted by atomic mass is 35.5. The summed E-state index contributed by atoms with van der Waals surface area (Å²) in [5, 5.41) is 13.3. The van der Waals surface area contributed by atoms with E-state index >= 15 is 0 Å². The van der Waals surface area contributed by atoms with E-state index in [2.05, 4.69) is 12.2 Å². The molecule has 2 unspecified atom stereocenters. The van der Waals surface area contributed by atoms with Crippen molar-refractivity contribution in [3.8, 4) is 0 Å². The van der Waals surface area contributed by atoms with Crippen molar-refractivity contribution >= 4 is 17.6 Å². The summed E-state index contributed by atoms with van der Waals surface area (Å²) in [4.78, 5) is 11.2. The highest BCUT2D eigenvalue weighted by molar-refractivity contribution is 6.30. The minimum Gasteiger partial charge on any atom is -0.480 e. The molecule has 0 heterocycles. The molecule has 2 atom stereocenters. The third-order valence-electron chi connectivity index (χ3n) is 3.68. The highest BCUT2D eigenvalue weighted by Crippen LogP contribution is 2.25. The molecule has 3 nitrogen and oxygen atoms in total. The number of hydrogen-bond acceptors (Lipinski definition) is 2. The molecule has 2 rings (SSSR count). The van der Waals surface area contributed by atoms with Crippen molar-refractivity contribution < 1.29 is 9.90 Å². The maximum Gasteiger partial charge on any atom is 0.320 e. The molecule has 1 aromatic carbocycles. The number of carbonyl (C=O) groups is 1. The molecule has 0 aromatic heterocycles. The monoisotopic (exact) mass is 281 g/mol. The van der Waals surface area contributed by atoms with Gasteiger partial charge in [0.25, 0.3) is 0 Å². The van der Waals surface area contributed by atoms with Crippen LogP contribution in [0.25, 0.3) is 0 Å². The SMILES string of the molecule is CCCCC(NC1Cc2ccc(Cl)cc2C1)C(=O)O. The lowest BCUT2D eigenvalue weighted by atomic mass is 10.1. The van der Waals surface area contributed by atoms with Gasteiger partial charge in [0, 0.05) is 11.1 Å². The Morgan fingerprint density at radius 1 is 1.47 bits per heavy atom. The van der Waals surface area contributed by atoms with Crippen LogP contribution in [0.4, 0.5) is 0 Å². The zero-order chi connectivity index (χ0) is 13.8. The first-order chi connectivity index (χ1) is 9.10. The number of hydrogen-bond donors (Lipinski definition) is 2. The number of carboxylic acids is 1. The Morgan fingerprint density at radius 2 is 2.21 bits per heavy atom. The largest absolute Gasteiger partial charge is 0.480 e. The Bertz CT molecular complexity index is 461. The van der Waals surface area contributed by atoms with E-state index in [0.29, 0.717) is 6.42 Å². The van der Waals surface area contributed by atoms with Crippen LogP contribution in [0.2, 0.25) is 5.02 Å². The van der Waals surface area contributed by atoms with Crippen molar-refractivity contribution in [2.45, 2.75) is 51.1 Å². The maximum absolute atomic E-state index is 11.2. The first-order valence-corrected chi connectivity index (χ1v) is 7.24. The number of halogens is 1. The Hall–Kier alpha value is -1.06. The summed E-state index contributed by atoms with van der Waals surface area (Å²) in [6.45, 7) is 2.08. The smallest absolute Gasteiger partial charge is 0.320 e. The van der Waals surface area contributed by atoms with E-state index in [9.17, 15) is 9.90 Å². The van der Waals surface area contributed by atoms with Gasteiger partial charge < -0.3 is 10.4 Å². The minimum absolute atomic E-state index is 0.214. The average molecular weight is 282 g/mol. The van der Waals surface area contributed by atoms with Gasteiger partial charge in [0.15, 0.2) is 0 Å². The molecular formula is C15H20ClNO2. The van der Waals surface area contributed by atoms with Crippen molar-refractivity contribution in [2.75, 3.05) is 0 Å². The number of fused-ring (bicyclic) bond motifs is 1. The number of carboxylic acid groups (broad SMARTS) is 1. The molecule has 0 saturated carbocycles. The minimum atomic E-state index is -0.748. The van der Waals surface area contributed by atoms with E-state index in [4.69, 9.17) is 11.6 Å². The van der Waals surface area contributed by atoms with Crippen LogP contribution in [-0.2, 0) is 17.6 Å².